The van der Waals surface area contributed by atoms with Gasteiger partial charge in [0.15, 0.2) is 0 Å². The van der Waals surface area contributed by atoms with E-state index in [0.717, 1.165) is 21.5 Å². The maximum absolute atomic E-state index is 11.7. The Morgan fingerprint density at radius 1 is 0.947 bits per heavy atom. The number of hydrogen-bond acceptors (Lipinski definition) is 1. The number of carbonyl (C=O) groups is 1. The molecule has 0 heterocycles. The zero-order valence-electron chi connectivity index (χ0n) is 10.1. The van der Waals surface area contributed by atoms with Crippen molar-refractivity contribution in [2.75, 3.05) is 0 Å². The summed E-state index contributed by atoms with van der Waals surface area (Å²) in [6.07, 6.45) is 0. The number of primary amides is 1. The molecule has 0 saturated carbocycles. The average molecular weight is 244 g/mol. The molecule has 2 heteroatoms. The van der Waals surface area contributed by atoms with E-state index in [9.17, 15) is 4.79 Å². The van der Waals surface area contributed by atoms with Gasteiger partial charge in [-0.15, -0.1) is 0 Å². The summed E-state index contributed by atoms with van der Waals surface area (Å²) in [7, 11) is 0. The summed E-state index contributed by atoms with van der Waals surface area (Å²) < 4.78 is 0. The lowest BCUT2D eigenvalue weighted by molar-refractivity contribution is 0.100. The molecule has 0 saturated heterocycles. The number of nitrogens with two attached hydrogens (primary N) is 1. The smallest absolute Gasteiger partial charge is 0.249 e. The summed E-state index contributed by atoms with van der Waals surface area (Å²) in [6.45, 7) is 0. The first-order valence-electron chi connectivity index (χ1n) is 6.13. The van der Waals surface area contributed by atoms with Gasteiger partial charge >= 0.3 is 0 Å². The summed E-state index contributed by atoms with van der Waals surface area (Å²) in [5.74, 6) is -0.396. The molecule has 0 aromatic heterocycles. The Bertz CT molecular complexity index is 940. The fourth-order valence-corrected chi connectivity index (χ4v) is 2.89. The predicted molar refractivity (Wildman–Crippen MR) is 77.5 cm³/mol. The van der Waals surface area contributed by atoms with Gasteiger partial charge in [0.2, 0.25) is 5.91 Å². The van der Waals surface area contributed by atoms with Crippen LogP contribution in [0.4, 0.5) is 0 Å². The first-order valence-corrected chi connectivity index (χ1v) is 6.13. The van der Waals surface area contributed by atoms with Gasteiger partial charge in [-0.05, 0) is 56.6 Å². The molecule has 19 heavy (non-hydrogen) atoms. The van der Waals surface area contributed by atoms with Gasteiger partial charge in [0.25, 0.3) is 0 Å². The largest absolute Gasteiger partial charge is 0.366 e. The Labute approximate surface area is 109 Å². The molecule has 0 aliphatic rings. The maximum Gasteiger partial charge on any atom is 0.249 e. The van der Waals surface area contributed by atoms with Crippen molar-refractivity contribution in [3.63, 3.8) is 0 Å². The molecule has 1 amide bonds. The van der Waals surface area contributed by atoms with Crippen LogP contribution >= 0.6 is 0 Å². The summed E-state index contributed by atoms with van der Waals surface area (Å²) in [5, 5.41) is 6.49. The van der Waals surface area contributed by atoms with Crippen LogP contribution in [0.25, 0.3) is 32.3 Å². The minimum atomic E-state index is -0.396. The van der Waals surface area contributed by atoms with Crippen LogP contribution in [0.5, 0.6) is 0 Å². The molecular weight excluding hydrogens is 234 g/mol. The van der Waals surface area contributed by atoms with Crippen LogP contribution in [0, 0.1) is 6.07 Å². The van der Waals surface area contributed by atoms with E-state index in [1.165, 1.54) is 10.8 Å². The van der Waals surface area contributed by atoms with Crippen LogP contribution < -0.4 is 5.73 Å². The maximum atomic E-state index is 11.7. The van der Waals surface area contributed by atoms with Crippen LogP contribution in [0.2, 0.25) is 0 Å². The van der Waals surface area contributed by atoms with Crippen LogP contribution in [-0.2, 0) is 0 Å². The van der Waals surface area contributed by atoms with Crippen molar-refractivity contribution >= 4 is 38.2 Å². The van der Waals surface area contributed by atoms with Crippen molar-refractivity contribution in [2.45, 2.75) is 0 Å². The Kier molecular flexibility index (Phi) is 1.88. The molecule has 1 radical (unpaired) electrons. The van der Waals surface area contributed by atoms with E-state index in [1.807, 2.05) is 30.3 Å². The standard InChI is InChI=1S/C17H10NO/c18-17(19)14-9-12-5-1-3-10-7-8-11-4-2-6-13(14)16(11)15(10)12/h1,3-9H,(H2,18,19). The first-order chi connectivity index (χ1) is 9.25. The Morgan fingerprint density at radius 2 is 1.74 bits per heavy atom. The van der Waals surface area contributed by atoms with Gasteiger partial charge in [0.1, 0.15) is 0 Å². The second-order valence-electron chi connectivity index (χ2n) is 4.77. The van der Waals surface area contributed by atoms with Gasteiger partial charge in [-0.3, -0.25) is 4.79 Å². The summed E-state index contributed by atoms with van der Waals surface area (Å²) in [4.78, 5) is 11.7. The fourth-order valence-electron chi connectivity index (χ4n) is 2.89. The lowest BCUT2D eigenvalue weighted by Crippen LogP contribution is -2.11. The van der Waals surface area contributed by atoms with Gasteiger partial charge < -0.3 is 5.73 Å². The van der Waals surface area contributed by atoms with Gasteiger partial charge in [-0.25, -0.2) is 0 Å². The molecule has 0 unspecified atom stereocenters. The van der Waals surface area contributed by atoms with Crippen LogP contribution in [0.15, 0.2) is 48.5 Å². The molecule has 4 aromatic carbocycles. The van der Waals surface area contributed by atoms with Crippen molar-refractivity contribution < 1.29 is 4.79 Å². The van der Waals surface area contributed by atoms with Crippen molar-refractivity contribution in [1.29, 1.82) is 0 Å². The average Bonchev–Trinajstić information content (AvgIpc) is 2.44. The molecule has 2 nitrogen and oxygen atoms in total. The Morgan fingerprint density at radius 3 is 2.58 bits per heavy atom. The van der Waals surface area contributed by atoms with Crippen LogP contribution in [-0.4, -0.2) is 5.91 Å². The van der Waals surface area contributed by atoms with Crippen molar-refractivity contribution in [2.24, 2.45) is 5.73 Å². The topological polar surface area (TPSA) is 43.1 Å². The highest BCUT2D eigenvalue weighted by molar-refractivity contribution is 6.27. The lowest BCUT2D eigenvalue weighted by Gasteiger charge is -2.12. The highest BCUT2D eigenvalue weighted by atomic mass is 16.1. The SMILES string of the molecule is NC(=O)c1cc2cccc3ccc4c[c]cc1c4c32. The second kappa shape index (κ2) is 3.45. The number of hydrogen-bond donors (Lipinski definition) is 1. The van der Waals surface area contributed by atoms with Crippen molar-refractivity contribution in [3.05, 3.63) is 60.2 Å². The third-order valence-corrected chi connectivity index (χ3v) is 3.70. The summed E-state index contributed by atoms with van der Waals surface area (Å²) in [6, 6.07) is 19.0. The first kappa shape index (κ1) is 10.3. The van der Waals surface area contributed by atoms with E-state index < -0.39 is 5.91 Å². The van der Waals surface area contributed by atoms with Crippen molar-refractivity contribution in [1.82, 2.24) is 0 Å². The van der Waals surface area contributed by atoms with Crippen LogP contribution in [0.3, 0.4) is 0 Å². The molecule has 0 spiro atoms. The molecule has 0 aliphatic heterocycles. The number of carbonyl (C=O) groups excluding carboxylic acids is 1. The van der Waals surface area contributed by atoms with E-state index in [4.69, 9.17) is 5.73 Å². The van der Waals surface area contributed by atoms with E-state index in [1.54, 1.807) is 0 Å². The molecule has 4 aromatic rings. The molecule has 0 aliphatic carbocycles. The molecule has 4 rings (SSSR count). The van der Waals surface area contributed by atoms with Gasteiger partial charge in [0.05, 0.1) is 0 Å². The molecule has 0 fully saturated rings. The molecule has 2 N–H and O–H groups in total. The van der Waals surface area contributed by atoms with Crippen molar-refractivity contribution in [3.8, 4) is 0 Å². The number of rotatable bonds is 1. The lowest BCUT2D eigenvalue weighted by atomic mass is 9.91. The highest BCUT2D eigenvalue weighted by Gasteiger charge is 2.13. The number of benzene rings is 4. The number of amides is 1. The normalized spacial score (nSPS) is 11.6. The minimum absolute atomic E-state index is 0.396. The monoisotopic (exact) mass is 244 g/mol. The summed E-state index contributed by atoms with van der Waals surface area (Å²) >= 11 is 0. The fraction of sp³-hybridized carbons (Fsp3) is 0. The van der Waals surface area contributed by atoms with E-state index in [2.05, 4.69) is 24.3 Å². The third-order valence-electron chi connectivity index (χ3n) is 3.70. The highest BCUT2D eigenvalue weighted by Crippen LogP contribution is 2.35. The molecular formula is C17H10NO. The predicted octanol–water partition coefficient (Wildman–Crippen LogP) is 3.48. The van der Waals surface area contributed by atoms with E-state index in [-0.39, 0.29) is 0 Å². The third kappa shape index (κ3) is 1.28. The second-order valence-corrected chi connectivity index (χ2v) is 4.77. The minimum Gasteiger partial charge on any atom is -0.366 e. The summed E-state index contributed by atoms with van der Waals surface area (Å²) in [5.41, 5.74) is 6.07. The Balaban J connectivity index is 2.42. The van der Waals surface area contributed by atoms with E-state index >= 15 is 0 Å². The Hall–Kier alpha value is -2.61. The van der Waals surface area contributed by atoms with E-state index in [0.29, 0.717) is 5.56 Å². The molecule has 0 atom stereocenters. The van der Waals surface area contributed by atoms with Crippen LogP contribution in [0.1, 0.15) is 10.4 Å². The quantitative estimate of drug-likeness (QED) is 0.512. The zero-order chi connectivity index (χ0) is 13.0. The molecule has 89 valence electrons. The zero-order valence-corrected chi connectivity index (χ0v) is 10.1. The van der Waals surface area contributed by atoms with Gasteiger partial charge in [-0.1, -0.05) is 30.3 Å². The van der Waals surface area contributed by atoms with Gasteiger partial charge in [0, 0.05) is 5.56 Å². The van der Waals surface area contributed by atoms with Gasteiger partial charge in [-0.2, -0.15) is 0 Å². The molecule has 0 bridgehead atoms.